The van der Waals surface area contributed by atoms with Gasteiger partial charge in [0.15, 0.2) is 17.8 Å². The molecule has 4 atom stereocenters. The van der Waals surface area contributed by atoms with E-state index in [1.54, 1.807) is 0 Å². The van der Waals surface area contributed by atoms with Crippen LogP contribution in [-0.2, 0) is 4.79 Å². The van der Waals surface area contributed by atoms with Gasteiger partial charge in [-0.25, -0.2) is 4.79 Å². The van der Waals surface area contributed by atoms with E-state index in [1.807, 2.05) is 0 Å². The first-order chi connectivity index (χ1) is 12.1. The average molecular weight is 378 g/mol. The van der Waals surface area contributed by atoms with Crippen molar-refractivity contribution in [3.8, 4) is 17.2 Å². The summed E-state index contributed by atoms with van der Waals surface area (Å²) in [6.45, 7) is -0.760. The molecule has 0 unspecified atom stereocenters. The van der Waals surface area contributed by atoms with Crippen LogP contribution in [0.2, 0.25) is 0 Å². The first kappa shape index (κ1) is 23.6. The second-order valence-electron chi connectivity index (χ2n) is 4.89. The molecule has 11 heteroatoms. The van der Waals surface area contributed by atoms with Crippen molar-refractivity contribution < 1.29 is 54.8 Å². The molecule has 0 spiro atoms. The lowest BCUT2D eigenvalue weighted by molar-refractivity contribution is -0.136. The van der Waals surface area contributed by atoms with Gasteiger partial charge in [-0.2, -0.15) is 0 Å². The molecule has 0 aliphatic rings. The van der Waals surface area contributed by atoms with Gasteiger partial charge in [0.1, 0.15) is 24.4 Å². The Morgan fingerprint density at radius 3 is 1.85 bits per heavy atom. The van der Waals surface area contributed by atoms with E-state index in [1.165, 1.54) is 26.4 Å². The van der Waals surface area contributed by atoms with Crippen LogP contribution < -0.4 is 9.47 Å². The number of methoxy groups -OCH3 is 2. The number of benzene rings is 1. The number of hydrogen-bond donors (Lipinski definition) is 7. The molecule has 7 N–H and O–H groups in total. The molecular weight excluding hydrogens is 356 g/mol. The molecule has 0 amide bonds. The minimum Gasteiger partial charge on any atom is -0.502 e. The average Bonchev–Trinajstić information content (AvgIpc) is 2.65. The van der Waals surface area contributed by atoms with E-state index in [0.29, 0.717) is 0 Å². The molecule has 0 aliphatic heterocycles. The molecule has 26 heavy (non-hydrogen) atoms. The van der Waals surface area contributed by atoms with E-state index in [-0.39, 0.29) is 29.1 Å². The molecular formula is C15H22O11. The zero-order valence-electron chi connectivity index (χ0n) is 14.0. The summed E-state index contributed by atoms with van der Waals surface area (Å²) < 4.78 is 9.57. The summed E-state index contributed by atoms with van der Waals surface area (Å²) in [6, 6.07) is 2.44. The third kappa shape index (κ3) is 6.46. The first-order valence-corrected chi connectivity index (χ1v) is 7.11. The Morgan fingerprint density at radius 2 is 1.54 bits per heavy atom. The Bertz CT molecular complexity index is 564. The number of aliphatic hydroxyl groups is 5. The second kappa shape index (κ2) is 11.2. The van der Waals surface area contributed by atoms with E-state index in [4.69, 9.17) is 40.1 Å². The highest BCUT2D eigenvalue weighted by atomic mass is 16.5. The molecule has 1 aromatic carbocycles. The minimum absolute atomic E-state index is 0.00324. The topological polar surface area (TPSA) is 194 Å². The third-order valence-corrected chi connectivity index (χ3v) is 3.15. The van der Waals surface area contributed by atoms with Gasteiger partial charge in [0.25, 0.3) is 0 Å². The van der Waals surface area contributed by atoms with Crippen LogP contribution in [0.3, 0.4) is 0 Å². The number of phenols is 1. The number of aromatic carboxylic acids is 1. The summed E-state index contributed by atoms with van der Waals surface area (Å²) in [5.74, 6) is -1.18. The number of aliphatic hydroxyl groups excluding tert-OH is 5. The van der Waals surface area contributed by atoms with Gasteiger partial charge in [-0.15, -0.1) is 0 Å². The van der Waals surface area contributed by atoms with Crippen LogP contribution in [-0.4, -0.2) is 93.2 Å². The summed E-state index contributed by atoms with van der Waals surface area (Å²) >= 11 is 0. The molecule has 0 heterocycles. The van der Waals surface area contributed by atoms with Gasteiger partial charge in [0.2, 0.25) is 5.75 Å². The summed E-state index contributed by atoms with van der Waals surface area (Å²) in [5, 5.41) is 61.7. The van der Waals surface area contributed by atoms with Crippen LogP contribution in [0.25, 0.3) is 0 Å². The normalized spacial score (nSPS) is 14.9. The van der Waals surface area contributed by atoms with Crippen molar-refractivity contribution in [1.29, 1.82) is 0 Å². The third-order valence-electron chi connectivity index (χ3n) is 3.15. The van der Waals surface area contributed by atoms with E-state index >= 15 is 0 Å². The van der Waals surface area contributed by atoms with Gasteiger partial charge < -0.3 is 50.0 Å². The molecule has 0 aromatic heterocycles. The SMILES string of the molecule is COc1cc(C(=O)O)cc(OC)c1O.O=C[C@H](O)[C@@H](O)[C@H](O)[C@H](O)CO. The molecule has 1 aromatic rings. The Morgan fingerprint density at radius 1 is 1.08 bits per heavy atom. The van der Waals surface area contributed by atoms with Gasteiger partial charge in [0.05, 0.1) is 26.4 Å². The molecule has 0 radical (unpaired) electrons. The van der Waals surface area contributed by atoms with Crippen LogP contribution in [0.4, 0.5) is 0 Å². The van der Waals surface area contributed by atoms with Crippen molar-refractivity contribution in [2.24, 2.45) is 0 Å². The Hall–Kier alpha value is -2.44. The van der Waals surface area contributed by atoms with Crippen LogP contribution in [0, 0.1) is 0 Å². The highest BCUT2D eigenvalue weighted by Gasteiger charge is 2.29. The predicted molar refractivity (Wildman–Crippen MR) is 85.3 cm³/mol. The maximum Gasteiger partial charge on any atom is 0.335 e. The largest absolute Gasteiger partial charge is 0.502 e. The standard InChI is InChI=1S/C9H10O5.C6H12O6/c1-13-6-3-5(9(11)12)4-7(14-2)8(6)10;7-1-3(9)5(11)6(12)4(10)2-8/h3-4,10H,1-2H3,(H,11,12);1,3-6,8-12H,2H2/t;3-,4+,5+,6+/m.0/s1. The lowest BCUT2D eigenvalue weighted by atomic mass is 10.0. The fourth-order valence-corrected chi connectivity index (χ4v) is 1.64. The summed E-state index contributed by atoms with van der Waals surface area (Å²) in [7, 11) is 2.67. The van der Waals surface area contributed by atoms with E-state index in [9.17, 15) is 14.7 Å². The summed E-state index contributed by atoms with van der Waals surface area (Å²) in [6.07, 6.45) is -6.84. The number of carboxylic acids is 1. The monoisotopic (exact) mass is 378 g/mol. The predicted octanol–water partition coefficient (Wildman–Crippen LogP) is -2.27. The number of phenolic OH excluding ortho intramolecular Hbond substituents is 1. The Labute approximate surface area is 148 Å². The highest BCUT2D eigenvalue weighted by molar-refractivity contribution is 5.89. The van der Waals surface area contributed by atoms with Gasteiger partial charge in [-0.05, 0) is 12.1 Å². The van der Waals surface area contributed by atoms with Crippen LogP contribution in [0.5, 0.6) is 17.2 Å². The van der Waals surface area contributed by atoms with Crippen molar-refractivity contribution in [2.75, 3.05) is 20.8 Å². The number of carbonyl (C=O) groups is 2. The molecule has 0 saturated carbocycles. The van der Waals surface area contributed by atoms with Crippen molar-refractivity contribution in [2.45, 2.75) is 24.4 Å². The number of carboxylic acid groups (broad SMARTS) is 1. The van der Waals surface area contributed by atoms with E-state index < -0.39 is 37.0 Å². The maximum absolute atomic E-state index is 10.7. The molecule has 1 rings (SSSR count). The Kier molecular flexibility index (Phi) is 10.2. The van der Waals surface area contributed by atoms with Crippen LogP contribution >= 0.6 is 0 Å². The zero-order chi connectivity index (χ0) is 20.4. The van der Waals surface area contributed by atoms with Gasteiger partial charge in [-0.1, -0.05) is 0 Å². The smallest absolute Gasteiger partial charge is 0.335 e. The van der Waals surface area contributed by atoms with Gasteiger partial charge in [-0.3, -0.25) is 0 Å². The number of aromatic hydroxyl groups is 1. The van der Waals surface area contributed by atoms with Crippen molar-refractivity contribution in [1.82, 2.24) is 0 Å². The fraction of sp³-hybridized carbons (Fsp3) is 0.467. The number of ether oxygens (including phenoxy) is 2. The summed E-state index contributed by atoms with van der Waals surface area (Å²) in [4.78, 5) is 20.6. The number of hydrogen-bond acceptors (Lipinski definition) is 10. The highest BCUT2D eigenvalue weighted by Crippen LogP contribution is 2.36. The van der Waals surface area contributed by atoms with Crippen molar-refractivity contribution in [3.05, 3.63) is 17.7 Å². The fourth-order valence-electron chi connectivity index (χ4n) is 1.64. The van der Waals surface area contributed by atoms with E-state index in [0.717, 1.165) is 0 Å². The van der Waals surface area contributed by atoms with Crippen LogP contribution in [0.15, 0.2) is 12.1 Å². The van der Waals surface area contributed by atoms with Crippen LogP contribution in [0.1, 0.15) is 10.4 Å². The quantitative estimate of drug-likeness (QED) is 0.241. The minimum atomic E-state index is -1.79. The summed E-state index contributed by atoms with van der Waals surface area (Å²) in [5.41, 5.74) is -0.00324. The Balaban J connectivity index is 0.000000488. The van der Waals surface area contributed by atoms with Crippen molar-refractivity contribution in [3.63, 3.8) is 0 Å². The molecule has 0 aliphatic carbocycles. The first-order valence-electron chi connectivity index (χ1n) is 7.11. The molecule has 0 bridgehead atoms. The molecule has 0 saturated heterocycles. The molecule has 11 nitrogen and oxygen atoms in total. The number of rotatable bonds is 8. The number of carbonyl (C=O) groups excluding carboxylic acids is 1. The lowest BCUT2D eigenvalue weighted by Gasteiger charge is -2.22. The second-order valence-corrected chi connectivity index (χ2v) is 4.89. The number of aldehydes is 1. The van der Waals surface area contributed by atoms with Gasteiger partial charge in [0, 0.05) is 0 Å². The maximum atomic E-state index is 10.7. The lowest BCUT2D eigenvalue weighted by Crippen LogP contribution is -2.46. The molecule has 148 valence electrons. The molecule has 0 fully saturated rings. The zero-order valence-corrected chi connectivity index (χ0v) is 14.0. The van der Waals surface area contributed by atoms with Gasteiger partial charge >= 0.3 is 5.97 Å². The van der Waals surface area contributed by atoms with Crippen molar-refractivity contribution >= 4 is 12.3 Å². The van der Waals surface area contributed by atoms with E-state index in [2.05, 4.69) is 0 Å².